The summed E-state index contributed by atoms with van der Waals surface area (Å²) >= 11 is 0. The van der Waals surface area contributed by atoms with E-state index < -0.39 is 0 Å². The van der Waals surface area contributed by atoms with E-state index in [1.54, 1.807) is 0 Å². The zero-order chi connectivity index (χ0) is 21.5. The van der Waals surface area contributed by atoms with Crippen LogP contribution in [0.5, 0.6) is 0 Å². The van der Waals surface area contributed by atoms with E-state index in [9.17, 15) is 0 Å². The maximum atomic E-state index is 5.25. The number of aromatic nitrogens is 2. The van der Waals surface area contributed by atoms with Crippen molar-refractivity contribution in [2.45, 2.75) is 44.6 Å². The number of guanidine groups is 1. The highest BCUT2D eigenvalue weighted by Gasteiger charge is 2.39. The molecule has 0 amide bonds. The van der Waals surface area contributed by atoms with Crippen LogP contribution in [-0.4, -0.2) is 109 Å². The zero-order valence-corrected chi connectivity index (χ0v) is 19.5. The quantitative estimate of drug-likeness (QED) is 0.563. The Labute approximate surface area is 187 Å². The van der Waals surface area contributed by atoms with Crippen LogP contribution in [-0.2, 0) is 0 Å². The van der Waals surface area contributed by atoms with Gasteiger partial charge in [0.05, 0.1) is 6.54 Å². The van der Waals surface area contributed by atoms with Gasteiger partial charge in [0.15, 0.2) is 5.96 Å². The molecule has 3 fully saturated rings. The van der Waals surface area contributed by atoms with Crippen molar-refractivity contribution in [3.8, 4) is 0 Å². The lowest BCUT2D eigenvalue weighted by Gasteiger charge is -2.49. The molecular weight excluding hydrogens is 388 g/mol. The first-order valence-corrected chi connectivity index (χ1v) is 12.2. The minimum absolute atomic E-state index is 0.229. The van der Waals surface area contributed by atoms with Crippen molar-refractivity contribution in [2.75, 3.05) is 77.4 Å². The molecule has 172 valence electrons. The third-order valence-corrected chi connectivity index (χ3v) is 7.22. The first kappa shape index (κ1) is 22.3. The Morgan fingerprint density at radius 1 is 0.968 bits per heavy atom. The van der Waals surface area contributed by atoms with Gasteiger partial charge in [-0.05, 0) is 71.9 Å². The standard InChI is InChI=1S/C23H40N8/c1-3-24-21(29-16-18-30(19-17-29)22-25-10-7-11-26-22)27-20-23(8-14-28(2)15-9-23)31-12-5-4-6-13-31/h7,10-11H,3-6,8-9,12-20H2,1-2H3,(H,24,27). The Morgan fingerprint density at radius 3 is 2.29 bits per heavy atom. The monoisotopic (exact) mass is 428 g/mol. The van der Waals surface area contributed by atoms with E-state index in [2.05, 4.69) is 48.9 Å². The van der Waals surface area contributed by atoms with Gasteiger partial charge >= 0.3 is 0 Å². The van der Waals surface area contributed by atoms with Crippen molar-refractivity contribution < 1.29 is 0 Å². The van der Waals surface area contributed by atoms with E-state index in [4.69, 9.17) is 4.99 Å². The molecule has 0 aliphatic carbocycles. The van der Waals surface area contributed by atoms with Crippen molar-refractivity contribution in [1.29, 1.82) is 0 Å². The number of hydrogen-bond acceptors (Lipinski definition) is 6. The molecule has 1 aromatic heterocycles. The second-order valence-electron chi connectivity index (χ2n) is 9.27. The number of likely N-dealkylation sites (tertiary alicyclic amines) is 2. The number of nitrogens with zero attached hydrogens (tertiary/aromatic N) is 7. The second-order valence-corrected chi connectivity index (χ2v) is 9.27. The van der Waals surface area contributed by atoms with Crippen molar-refractivity contribution in [3.63, 3.8) is 0 Å². The summed E-state index contributed by atoms with van der Waals surface area (Å²) in [5, 5.41) is 3.57. The molecule has 0 spiro atoms. The van der Waals surface area contributed by atoms with Gasteiger partial charge in [0.25, 0.3) is 0 Å². The first-order chi connectivity index (χ1) is 15.2. The maximum Gasteiger partial charge on any atom is 0.225 e. The zero-order valence-electron chi connectivity index (χ0n) is 19.5. The predicted octanol–water partition coefficient (Wildman–Crippen LogP) is 1.51. The Kier molecular flexibility index (Phi) is 7.61. The van der Waals surface area contributed by atoms with E-state index in [1.165, 1.54) is 58.3 Å². The summed E-state index contributed by atoms with van der Waals surface area (Å²) < 4.78 is 0. The molecule has 0 radical (unpaired) electrons. The first-order valence-electron chi connectivity index (χ1n) is 12.2. The molecule has 31 heavy (non-hydrogen) atoms. The van der Waals surface area contributed by atoms with Crippen LogP contribution in [0.3, 0.4) is 0 Å². The summed E-state index contributed by atoms with van der Waals surface area (Å²) in [5.41, 5.74) is 0.229. The fourth-order valence-electron chi connectivity index (χ4n) is 5.20. The lowest BCUT2D eigenvalue weighted by atomic mass is 9.84. The van der Waals surface area contributed by atoms with E-state index in [0.717, 1.165) is 51.2 Å². The largest absolute Gasteiger partial charge is 0.357 e. The van der Waals surface area contributed by atoms with Crippen LogP contribution >= 0.6 is 0 Å². The fraction of sp³-hybridized carbons (Fsp3) is 0.783. The second kappa shape index (κ2) is 10.6. The molecule has 0 unspecified atom stereocenters. The third-order valence-electron chi connectivity index (χ3n) is 7.22. The Balaban J connectivity index is 1.43. The van der Waals surface area contributed by atoms with Crippen LogP contribution in [0, 0.1) is 0 Å². The summed E-state index contributed by atoms with van der Waals surface area (Å²) in [6.07, 6.45) is 10.2. The van der Waals surface area contributed by atoms with Crippen molar-refractivity contribution in [2.24, 2.45) is 4.99 Å². The summed E-state index contributed by atoms with van der Waals surface area (Å²) in [5.74, 6) is 1.91. The number of nitrogens with one attached hydrogen (secondary N) is 1. The summed E-state index contributed by atoms with van der Waals surface area (Å²) in [7, 11) is 2.25. The average Bonchev–Trinajstić information content (AvgIpc) is 2.84. The highest BCUT2D eigenvalue weighted by atomic mass is 15.4. The minimum Gasteiger partial charge on any atom is -0.357 e. The van der Waals surface area contributed by atoms with Crippen LogP contribution in [0.1, 0.15) is 39.0 Å². The molecular formula is C23H40N8. The molecule has 4 rings (SSSR count). The van der Waals surface area contributed by atoms with Gasteiger partial charge in [0, 0.05) is 50.7 Å². The number of hydrogen-bond donors (Lipinski definition) is 1. The van der Waals surface area contributed by atoms with Gasteiger partial charge in [-0.15, -0.1) is 0 Å². The van der Waals surface area contributed by atoms with Gasteiger partial charge in [-0.2, -0.15) is 0 Å². The maximum absolute atomic E-state index is 5.25. The molecule has 0 atom stereocenters. The smallest absolute Gasteiger partial charge is 0.225 e. The van der Waals surface area contributed by atoms with Crippen LogP contribution in [0.15, 0.2) is 23.5 Å². The lowest BCUT2D eigenvalue weighted by molar-refractivity contribution is 0.0206. The summed E-state index contributed by atoms with van der Waals surface area (Å²) in [4.78, 5) is 24.0. The summed E-state index contributed by atoms with van der Waals surface area (Å²) in [6.45, 7) is 12.6. The molecule has 0 aromatic carbocycles. The summed E-state index contributed by atoms with van der Waals surface area (Å²) in [6, 6.07) is 1.87. The van der Waals surface area contributed by atoms with E-state index >= 15 is 0 Å². The number of anilines is 1. The molecule has 3 aliphatic heterocycles. The highest BCUT2D eigenvalue weighted by molar-refractivity contribution is 5.80. The number of piperazine rings is 1. The van der Waals surface area contributed by atoms with Gasteiger partial charge in [0.1, 0.15) is 0 Å². The highest BCUT2D eigenvalue weighted by Crippen LogP contribution is 2.31. The van der Waals surface area contributed by atoms with Crippen molar-refractivity contribution >= 4 is 11.9 Å². The lowest BCUT2D eigenvalue weighted by Crippen LogP contribution is -2.59. The fourth-order valence-corrected chi connectivity index (χ4v) is 5.20. The van der Waals surface area contributed by atoms with Gasteiger partial charge in [0.2, 0.25) is 5.95 Å². The molecule has 3 saturated heterocycles. The number of aliphatic imine (C=N–C) groups is 1. The van der Waals surface area contributed by atoms with Crippen molar-refractivity contribution in [3.05, 3.63) is 18.5 Å². The van der Waals surface area contributed by atoms with Crippen LogP contribution in [0.2, 0.25) is 0 Å². The van der Waals surface area contributed by atoms with Gasteiger partial charge < -0.3 is 20.0 Å². The average molecular weight is 429 g/mol. The van der Waals surface area contributed by atoms with Gasteiger partial charge in [-0.1, -0.05) is 6.42 Å². The molecule has 8 heteroatoms. The Bertz CT molecular complexity index is 687. The van der Waals surface area contributed by atoms with Gasteiger partial charge in [-0.3, -0.25) is 9.89 Å². The van der Waals surface area contributed by atoms with E-state index in [0.29, 0.717) is 0 Å². The molecule has 8 nitrogen and oxygen atoms in total. The molecule has 3 aliphatic rings. The van der Waals surface area contributed by atoms with E-state index in [-0.39, 0.29) is 5.54 Å². The van der Waals surface area contributed by atoms with Crippen LogP contribution in [0.25, 0.3) is 0 Å². The third kappa shape index (κ3) is 5.47. The number of piperidine rings is 2. The molecule has 1 aromatic rings. The Hall–Kier alpha value is -1.93. The molecule has 4 heterocycles. The van der Waals surface area contributed by atoms with E-state index in [1.807, 2.05) is 18.5 Å². The minimum atomic E-state index is 0.229. The topological polar surface area (TPSA) is 63.1 Å². The molecule has 0 bridgehead atoms. The number of rotatable bonds is 5. The van der Waals surface area contributed by atoms with Crippen LogP contribution < -0.4 is 10.2 Å². The Morgan fingerprint density at radius 2 is 1.65 bits per heavy atom. The molecule has 1 N–H and O–H groups in total. The van der Waals surface area contributed by atoms with Crippen LogP contribution in [0.4, 0.5) is 5.95 Å². The molecule has 0 saturated carbocycles. The SMILES string of the molecule is CCNC(=NCC1(N2CCCCC2)CCN(C)CC1)N1CCN(c2ncccn2)CC1. The van der Waals surface area contributed by atoms with Crippen molar-refractivity contribution in [1.82, 2.24) is 30.0 Å². The van der Waals surface area contributed by atoms with Gasteiger partial charge in [-0.25, -0.2) is 9.97 Å². The predicted molar refractivity (Wildman–Crippen MR) is 127 cm³/mol. The normalized spacial score (nSPS) is 23.7.